The van der Waals surface area contributed by atoms with Crippen LogP contribution in [-0.2, 0) is 19.4 Å². The lowest BCUT2D eigenvalue weighted by Crippen LogP contribution is -2.55. The fraction of sp³-hybridized carbons (Fsp3) is 0.917. The number of nitrogens with one attached hydrogen (secondary N) is 1. The molecule has 0 aromatic carbocycles. The SMILES string of the molecule is CC1(C)CN(C(=O)CC2COCCN2)CCS1(=O)=O.Cl. The molecule has 0 saturated carbocycles. The van der Waals surface area contributed by atoms with Gasteiger partial charge in [0, 0.05) is 32.1 Å². The van der Waals surface area contributed by atoms with Gasteiger partial charge in [0.15, 0.2) is 9.84 Å². The van der Waals surface area contributed by atoms with Crippen molar-refractivity contribution >= 4 is 28.2 Å². The molecule has 20 heavy (non-hydrogen) atoms. The minimum atomic E-state index is -3.09. The van der Waals surface area contributed by atoms with Crippen molar-refractivity contribution in [1.29, 1.82) is 0 Å². The molecule has 0 spiro atoms. The monoisotopic (exact) mass is 326 g/mol. The average molecular weight is 327 g/mol. The Morgan fingerprint density at radius 2 is 2.15 bits per heavy atom. The second-order valence-electron chi connectivity index (χ2n) is 5.82. The quantitative estimate of drug-likeness (QED) is 0.762. The van der Waals surface area contributed by atoms with Crippen molar-refractivity contribution in [2.24, 2.45) is 0 Å². The minimum absolute atomic E-state index is 0. The van der Waals surface area contributed by atoms with E-state index in [4.69, 9.17) is 4.74 Å². The van der Waals surface area contributed by atoms with Gasteiger partial charge in [-0.05, 0) is 13.8 Å². The van der Waals surface area contributed by atoms with E-state index in [0.717, 1.165) is 6.54 Å². The van der Waals surface area contributed by atoms with Crippen LogP contribution in [0.3, 0.4) is 0 Å². The van der Waals surface area contributed by atoms with Gasteiger partial charge in [-0.1, -0.05) is 0 Å². The maximum atomic E-state index is 12.2. The zero-order valence-electron chi connectivity index (χ0n) is 11.9. The first-order valence-corrected chi connectivity index (χ1v) is 8.28. The molecule has 1 amide bonds. The average Bonchev–Trinajstić information content (AvgIpc) is 2.34. The Bertz CT molecular complexity index is 446. The highest BCUT2D eigenvalue weighted by Gasteiger charge is 2.41. The summed E-state index contributed by atoms with van der Waals surface area (Å²) >= 11 is 0. The molecule has 2 aliphatic rings. The summed E-state index contributed by atoms with van der Waals surface area (Å²) in [7, 11) is -3.09. The molecule has 2 heterocycles. The maximum Gasteiger partial charge on any atom is 0.224 e. The topological polar surface area (TPSA) is 75.7 Å². The molecular weight excluding hydrogens is 304 g/mol. The predicted molar refractivity (Wildman–Crippen MR) is 78.9 cm³/mol. The van der Waals surface area contributed by atoms with Gasteiger partial charge in [0.05, 0.1) is 23.7 Å². The van der Waals surface area contributed by atoms with Crippen molar-refractivity contribution < 1.29 is 17.9 Å². The van der Waals surface area contributed by atoms with Gasteiger partial charge >= 0.3 is 0 Å². The molecule has 2 aliphatic heterocycles. The first kappa shape index (κ1) is 17.7. The van der Waals surface area contributed by atoms with Crippen molar-refractivity contribution in [3.63, 3.8) is 0 Å². The van der Waals surface area contributed by atoms with Gasteiger partial charge in [-0.3, -0.25) is 4.79 Å². The molecule has 2 saturated heterocycles. The normalized spacial score (nSPS) is 28.5. The van der Waals surface area contributed by atoms with Crippen molar-refractivity contribution in [2.45, 2.75) is 31.1 Å². The zero-order valence-corrected chi connectivity index (χ0v) is 13.6. The van der Waals surface area contributed by atoms with Crippen molar-refractivity contribution in [3.8, 4) is 0 Å². The molecule has 6 nitrogen and oxygen atoms in total. The lowest BCUT2D eigenvalue weighted by atomic mass is 10.1. The highest BCUT2D eigenvalue weighted by atomic mass is 35.5. The number of ether oxygens (including phenoxy) is 1. The third kappa shape index (κ3) is 3.84. The number of hydrogen-bond donors (Lipinski definition) is 1. The van der Waals surface area contributed by atoms with Gasteiger partial charge in [0.2, 0.25) is 5.91 Å². The fourth-order valence-corrected chi connectivity index (χ4v) is 3.81. The van der Waals surface area contributed by atoms with E-state index >= 15 is 0 Å². The van der Waals surface area contributed by atoms with Crippen LogP contribution < -0.4 is 5.32 Å². The molecule has 0 aromatic rings. The molecule has 2 fully saturated rings. The summed E-state index contributed by atoms with van der Waals surface area (Å²) < 4.78 is 28.2. The summed E-state index contributed by atoms with van der Waals surface area (Å²) in [6, 6.07) is 0.0443. The number of hydrogen-bond acceptors (Lipinski definition) is 5. The number of morpholine rings is 1. The summed E-state index contributed by atoms with van der Waals surface area (Å²) in [6.07, 6.45) is 0.371. The fourth-order valence-electron chi connectivity index (χ4n) is 2.45. The van der Waals surface area contributed by atoms with E-state index in [1.54, 1.807) is 18.7 Å². The van der Waals surface area contributed by atoms with Crippen LogP contribution in [0.15, 0.2) is 0 Å². The molecule has 2 rings (SSSR count). The molecule has 0 aliphatic carbocycles. The molecule has 1 N–H and O–H groups in total. The highest BCUT2D eigenvalue weighted by molar-refractivity contribution is 7.92. The highest BCUT2D eigenvalue weighted by Crippen LogP contribution is 2.24. The van der Waals surface area contributed by atoms with Crippen LogP contribution in [0.25, 0.3) is 0 Å². The van der Waals surface area contributed by atoms with Gasteiger partial charge in [0.25, 0.3) is 0 Å². The predicted octanol–water partition coefficient (Wildman–Crippen LogP) is -0.178. The molecule has 118 valence electrons. The Kier molecular flexibility index (Phi) is 5.83. The lowest BCUT2D eigenvalue weighted by Gasteiger charge is -2.38. The molecule has 0 bridgehead atoms. The summed E-state index contributed by atoms with van der Waals surface area (Å²) in [6.45, 7) is 5.94. The Hall–Kier alpha value is -0.370. The van der Waals surface area contributed by atoms with Gasteiger partial charge in [-0.25, -0.2) is 8.42 Å². The molecular formula is C12H23ClN2O4S. The number of halogens is 1. The first-order valence-electron chi connectivity index (χ1n) is 6.63. The van der Waals surface area contributed by atoms with Gasteiger partial charge in [-0.2, -0.15) is 0 Å². The van der Waals surface area contributed by atoms with Crippen LogP contribution in [0.4, 0.5) is 0 Å². The third-order valence-corrected chi connectivity index (χ3v) is 6.35. The second kappa shape index (κ2) is 6.60. The van der Waals surface area contributed by atoms with Gasteiger partial charge < -0.3 is 15.0 Å². The van der Waals surface area contributed by atoms with E-state index < -0.39 is 14.6 Å². The number of amides is 1. The van der Waals surface area contributed by atoms with E-state index in [1.165, 1.54) is 0 Å². The molecule has 1 unspecified atom stereocenters. The Labute approximate surface area is 126 Å². The maximum absolute atomic E-state index is 12.2. The van der Waals surface area contributed by atoms with Crippen LogP contribution in [0, 0.1) is 0 Å². The van der Waals surface area contributed by atoms with E-state index in [-0.39, 0.29) is 36.7 Å². The third-order valence-electron chi connectivity index (χ3n) is 3.82. The molecule has 8 heteroatoms. The van der Waals surface area contributed by atoms with E-state index in [9.17, 15) is 13.2 Å². The van der Waals surface area contributed by atoms with Gasteiger partial charge in [0.1, 0.15) is 0 Å². The minimum Gasteiger partial charge on any atom is -0.378 e. The van der Waals surface area contributed by atoms with Crippen molar-refractivity contribution in [2.75, 3.05) is 38.6 Å². The smallest absolute Gasteiger partial charge is 0.224 e. The van der Waals surface area contributed by atoms with E-state index in [2.05, 4.69) is 5.32 Å². The van der Waals surface area contributed by atoms with Crippen LogP contribution in [0.1, 0.15) is 20.3 Å². The zero-order chi connectivity index (χ0) is 14.1. The first-order chi connectivity index (χ1) is 8.82. The van der Waals surface area contributed by atoms with Crippen molar-refractivity contribution in [3.05, 3.63) is 0 Å². The molecule has 1 atom stereocenters. The Balaban J connectivity index is 0.00000200. The lowest BCUT2D eigenvalue weighted by molar-refractivity contribution is -0.132. The summed E-state index contributed by atoms with van der Waals surface area (Å²) in [5.41, 5.74) is 0. The van der Waals surface area contributed by atoms with E-state index in [0.29, 0.717) is 26.2 Å². The van der Waals surface area contributed by atoms with Crippen LogP contribution in [0.2, 0.25) is 0 Å². The standard InChI is InChI=1S/C12H22N2O4S.ClH/c1-12(2)9-14(4-6-19(12,16)17)11(15)7-10-8-18-5-3-13-10;/h10,13H,3-9H2,1-2H3;1H. The number of carbonyl (C=O) groups is 1. The van der Waals surface area contributed by atoms with Crippen LogP contribution in [-0.4, -0.2) is 68.6 Å². The van der Waals surface area contributed by atoms with Crippen LogP contribution >= 0.6 is 12.4 Å². The molecule has 0 aromatic heterocycles. The largest absolute Gasteiger partial charge is 0.378 e. The number of rotatable bonds is 2. The van der Waals surface area contributed by atoms with Crippen LogP contribution in [0.5, 0.6) is 0 Å². The molecule has 0 radical (unpaired) electrons. The summed E-state index contributed by atoms with van der Waals surface area (Å²) in [5, 5.41) is 3.24. The number of nitrogens with zero attached hydrogens (tertiary/aromatic N) is 1. The summed E-state index contributed by atoms with van der Waals surface area (Å²) in [5.74, 6) is 0.0614. The Morgan fingerprint density at radius 3 is 2.70 bits per heavy atom. The second-order valence-corrected chi connectivity index (χ2v) is 8.57. The van der Waals surface area contributed by atoms with E-state index in [1.807, 2.05) is 0 Å². The number of sulfone groups is 1. The number of carbonyl (C=O) groups excluding carboxylic acids is 1. The summed E-state index contributed by atoms with van der Waals surface area (Å²) in [4.78, 5) is 13.9. The Morgan fingerprint density at radius 1 is 1.45 bits per heavy atom. The van der Waals surface area contributed by atoms with Crippen molar-refractivity contribution in [1.82, 2.24) is 10.2 Å². The van der Waals surface area contributed by atoms with Gasteiger partial charge in [-0.15, -0.1) is 12.4 Å².